The second-order valence-corrected chi connectivity index (χ2v) is 3.91. The lowest BCUT2D eigenvalue weighted by Gasteiger charge is -1.91. The Labute approximate surface area is 80.8 Å². The van der Waals surface area contributed by atoms with Gasteiger partial charge in [0.25, 0.3) is 0 Å². The van der Waals surface area contributed by atoms with E-state index >= 15 is 0 Å². The molecule has 0 radical (unpaired) electrons. The summed E-state index contributed by atoms with van der Waals surface area (Å²) in [7, 11) is 0. The molecule has 1 N–H and O–H groups in total. The zero-order valence-electron chi connectivity index (χ0n) is 5.79. The van der Waals surface area contributed by atoms with E-state index in [0.29, 0.717) is 6.37 Å². The van der Waals surface area contributed by atoms with Gasteiger partial charge < -0.3 is 0 Å². The zero-order valence-corrected chi connectivity index (χ0v) is 8.95. The molecule has 1 atom stereocenters. The highest BCUT2D eigenvalue weighted by atomic mass is 127. The van der Waals surface area contributed by atoms with E-state index in [4.69, 9.17) is 0 Å². The van der Waals surface area contributed by atoms with Gasteiger partial charge in [0.1, 0.15) is 0 Å². The van der Waals surface area contributed by atoms with Crippen molar-refractivity contribution in [2.24, 2.45) is 5.10 Å². The van der Waals surface area contributed by atoms with Crippen molar-refractivity contribution in [3.63, 3.8) is 0 Å². The Kier molecular flexibility index (Phi) is 4.47. The van der Waals surface area contributed by atoms with Crippen molar-refractivity contribution >= 4 is 34.6 Å². The van der Waals surface area contributed by atoms with E-state index in [2.05, 4.69) is 32.3 Å². The third-order valence-corrected chi connectivity index (χ3v) is 2.06. The molecule has 0 bridgehead atoms. The number of hydrogen-bond acceptors (Lipinski definition) is 2. The first-order valence-corrected chi connectivity index (χ1v) is 7.23. The van der Waals surface area contributed by atoms with Gasteiger partial charge in [-0.15, -0.1) is 0 Å². The van der Waals surface area contributed by atoms with E-state index in [0.717, 1.165) is 5.56 Å². The summed E-state index contributed by atoms with van der Waals surface area (Å²) in [5.41, 5.74) is 1.12. The summed E-state index contributed by atoms with van der Waals surface area (Å²) < 4.78 is 0. The van der Waals surface area contributed by atoms with Crippen LogP contribution in [0.4, 0.5) is 0 Å². The quantitative estimate of drug-likeness (QED) is 0.391. The summed E-state index contributed by atoms with van der Waals surface area (Å²) in [6.45, 7) is 0. The summed E-state index contributed by atoms with van der Waals surface area (Å²) in [5.74, 6) is 0. The SMILES string of the molecule is IPN/N=C\c1ccccc1. The number of rotatable bonds is 3. The Morgan fingerprint density at radius 2 is 2.09 bits per heavy atom. The van der Waals surface area contributed by atoms with Crippen molar-refractivity contribution in [2.45, 2.75) is 0 Å². The Morgan fingerprint density at radius 1 is 1.36 bits per heavy atom. The molecule has 0 saturated carbocycles. The van der Waals surface area contributed by atoms with Crippen LogP contribution in [0.15, 0.2) is 35.4 Å². The Bertz CT molecular complexity index is 225. The molecule has 0 heterocycles. The minimum Gasteiger partial charge on any atom is -0.282 e. The van der Waals surface area contributed by atoms with Crippen LogP contribution in [0.5, 0.6) is 0 Å². The van der Waals surface area contributed by atoms with Crippen molar-refractivity contribution < 1.29 is 0 Å². The van der Waals surface area contributed by atoms with E-state index in [1.165, 1.54) is 0 Å². The number of nitrogens with zero attached hydrogens (tertiary/aromatic N) is 1. The molecule has 11 heavy (non-hydrogen) atoms. The highest BCUT2D eigenvalue weighted by Gasteiger charge is 1.81. The maximum Gasteiger partial charge on any atom is 0.0585 e. The highest BCUT2D eigenvalue weighted by molar-refractivity contribution is 14.2. The predicted molar refractivity (Wildman–Crippen MR) is 59.5 cm³/mol. The minimum atomic E-state index is 0.632. The molecule has 0 aliphatic carbocycles. The molecule has 0 spiro atoms. The van der Waals surface area contributed by atoms with Gasteiger partial charge in [-0.2, -0.15) is 5.10 Å². The molecular formula is C7H8IN2P. The average molecular weight is 278 g/mol. The smallest absolute Gasteiger partial charge is 0.0585 e. The molecule has 4 heteroatoms. The fourth-order valence-corrected chi connectivity index (χ4v) is 1.20. The zero-order chi connectivity index (χ0) is 7.94. The molecule has 0 aliphatic rings. The third kappa shape index (κ3) is 3.68. The van der Waals surface area contributed by atoms with Crippen LogP contribution in [0.3, 0.4) is 0 Å². The topological polar surface area (TPSA) is 24.4 Å². The van der Waals surface area contributed by atoms with Crippen molar-refractivity contribution in [1.29, 1.82) is 0 Å². The number of benzene rings is 1. The first-order chi connectivity index (χ1) is 5.43. The van der Waals surface area contributed by atoms with Gasteiger partial charge in [0.05, 0.1) is 12.6 Å². The molecular weight excluding hydrogens is 270 g/mol. The molecule has 0 amide bonds. The first kappa shape index (κ1) is 8.94. The minimum absolute atomic E-state index is 0.632. The Balaban J connectivity index is 2.50. The normalized spacial score (nSPS) is 11.4. The summed E-state index contributed by atoms with van der Waals surface area (Å²) >= 11 is 2.23. The van der Waals surface area contributed by atoms with Crippen LogP contribution in [-0.4, -0.2) is 6.21 Å². The second-order valence-electron chi connectivity index (χ2n) is 1.88. The van der Waals surface area contributed by atoms with Gasteiger partial charge in [0, 0.05) is 0 Å². The van der Waals surface area contributed by atoms with Gasteiger partial charge in [-0.3, -0.25) is 5.20 Å². The fourth-order valence-electron chi connectivity index (χ4n) is 0.670. The van der Waals surface area contributed by atoms with Gasteiger partial charge in [-0.25, -0.2) is 0 Å². The predicted octanol–water partition coefficient (Wildman–Crippen LogP) is 2.55. The van der Waals surface area contributed by atoms with Crippen LogP contribution in [0.1, 0.15) is 5.56 Å². The summed E-state index contributed by atoms with van der Waals surface area (Å²) in [4.78, 5) is 0. The van der Waals surface area contributed by atoms with Crippen LogP contribution in [-0.2, 0) is 0 Å². The van der Waals surface area contributed by atoms with Crippen LogP contribution >= 0.6 is 28.4 Å². The monoisotopic (exact) mass is 278 g/mol. The van der Waals surface area contributed by atoms with E-state index < -0.39 is 0 Å². The van der Waals surface area contributed by atoms with Gasteiger partial charge in [-0.05, 0) is 27.6 Å². The van der Waals surface area contributed by atoms with Crippen LogP contribution < -0.4 is 5.20 Å². The lowest BCUT2D eigenvalue weighted by atomic mass is 10.2. The molecule has 1 aromatic rings. The summed E-state index contributed by atoms with van der Waals surface area (Å²) in [6, 6.07) is 10.0. The highest BCUT2D eigenvalue weighted by Crippen LogP contribution is 2.13. The molecule has 58 valence electrons. The second kappa shape index (κ2) is 5.49. The van der Waals surface area contributed by atoms with Crippen molar-refractivity contribution in [1.82, 2.24) is 5.20 Å². The maximum atomic E-state index is 3.99. The Hall–Kier alpha value is -0.150. The standard InChI is InChI=1S/C7H8IN2P/c8-11-10-9-6-7-4-2-1-3-5-7/h1-6,10-11H/b9-6-. The average Bonchev–Trinajstić information content (AvgIpc) is 2.07. The van der Waals surface area contributed by atoms with Crippen molar-refractivity contribution in [3.8, 4) is 0 Å². The molecule has 0 fully saturated rings. The maximum absolute atomic E-state index is 3.99. The van der Waals surface area contributed by atoms with Gasteiger partial charge >= 0.3 is 0 Å². The van der Waals surface area contributed by atoms with Crippen molar-refractivity contribution in [3.05, 3.63) is 35.9 Å². The van der Waals surface area contributed by atoms with E-state index in [1.54, 1.807) is 0 Å². The molecule has 1 aromatic carbocycles. The summed E-state index contributed by atoms with van der Waals surface area (Å²) in [6.07, 6.45) is 2.44. The van der Waals surface area contributed by atoms with Gasteiger partial charge in [-0.1, -0.05) is 30.3 Å². The molecule has 1 rings (SSSR count). The molecule has 0 aromatic heterocycles. The van der Waals surface area contributed by atoms with E-state index in [1.807, 2.05) is 36.5 Å². The first-order valence-electron chi connectivity index (χ1n) is 3.12. The number of hydrogen-bond donors (Lipinski definition) is 1. The molecule has 1 unspecified atom stereocenters. The van der Waals surface area contributed by atoms with E-state index in [-0.39, 0.29) is 0 Å². The third-order valence-electron chi connectivity index (χ3n) is 1.12. The number of halogens is 1. The van der Waals surface area contributed by atoms with Crippen LogP contribution in [0.2, 0.25) is 0 Å². The van der Waals surface area contributed by atoms with Crippen molar-refractivity contribution in [2.75, 3.05) is 0 Å². The Morgan fingerprint density at radius 3 is 2.73 bits per heavy atom. The largest absolute Gasteiger partial charge is 0.282 e. The van der Waals surface area contributed by atoms with Gasteiger partial charge in [0.2, 0.25) is 0 Å². The van der Waals surface area contributed by atoms with Gasteiger partial charge in [0.15, 0.2) is 0 Å². The number of nitrogens with one attached hydrogen (secondary N) is 1. The summed E-state index contributed by atoms with van der Waals surface area (Å²) in [5, 5.41) is 6.87. The lowest BCUT2D eigenvalue weighted by molar-refractivity contribution is 1.13. The van der Waals surface area contributed by atoms with Crippen LogP contribution in [0.25, 0.3) is 0 Å². The molecule has 0 saturated heterocycles. The van der Waals surface area contributed by atoms with Crippen LogP contribution in [0, 0.1) is 0 Å². The fraction of sp³-hybridized carbons (Fsp3) is 0. The van der Waals surface area contributed by atoms with E-state index in [9.17, 15) is 0 Å². The number of hydrazone groups is 1. The molecule has 2 nitrogen and oxygen atoms in total. The molecule has 0 aliphatic heterocycles. The lowest BCUT2D eigenvalue weighted by Crippen LogP contribution is -1.87.